The smallest absolute Gasteiger partial charge is 0.0932 e. The summed E-state index contributed by atoms with van der Waals surface area (Å²) in [6.45, 7) is 0.552. The fraction of sp³-hybridized carbons (Fsp3) is 0.500. The highest BCUT2D eigenvalue weighted by Gasteiger charge is 2.45. The Kier molecular flexibility index (Phi) is 3.05. The van der Waals surface area contributed by atoms with Crippen LogP contribution in [0.15, 0.2) is 24.3 Å². The van der Waals surface area contributed by atoms with Crippen LogP contribution in [-0.2, 0) is 21.6 Å². The predicted molar refractivity (Wildman–Crippen MR) is 58.2 cm³/mol. The van der Waals surface area contributed by atoms with Crippen LogP contribution < -0.4 is 5.90 Å². The Morgan fingerprint density at radius 3 is 2.67 bits per heavy atom. The molecule has 0 saturated heterocycles. The molecule has 1 aliphatic carbocycles. The molecular formula is C12H17NO2. The third-order valence-corrected chi connectivity index (χ3v) is 3.09. The SMILES string of the molecule is COC1(c2ccccc2CCON)CC1. The topological polar surface area (TPSA) is 44.5 Å². The maximum atomic E-state index is 5.58. The number of methoxy groups -OCH3 is 1. The summed E-state index contributed by atoms with van der Waals surface area (Å²) >= 11 is 0. The Balaban J connectivity index is 2.22. The van der Waals surface area contributed by atoms with Gasteiger partial charge in [0.2, 0.25) is 0 Å². The molecule has 0 aromatic heterocycles. The van der Waals surface area contributed by atoms with Crippen molar-refractivity contribution in [2.75, 3.05) is 13.7 Å². The minimum absolute atomic E-state index is 0.0226. The maximum Gasteiger partial charge on any atom is 0.0932 e. The van der Waals surface area contributed by atoms with Crippen LogP contribution in [0.4, 0.5) is 0 Å². The van der Waals surface area contributed by atoms with E-state index in [0.717, 1.165) is 19.3 Å². The summed E-state index contributed by atoms with van der Waals surface area (Å²) in [7, 11) is 1.78. The molecule has 3 nitrogen and oxygen atoms in total. The van der Waals surface area contributed by atoms with E-state index in [1.807, 2.05) is 6.07 Å². The van der Waals surface area contributed by atoms with Gasteiger partial charge in [0.05, 0.1) is 12.2 Å². The van der Waals surface area contributed by atoms with Crippen LogP contribution in [0.2, 0.25) is 0 Å². The number of rotatable bonds is 5. The molecule has 0 radical (unpaired) electrons. The molecule has 1 saturated carbocycles. The quantitative estimate of drug-likeness (QED) is 0.748. The Hall–Kier alpha value is -0.900. The van der Waals surface area contributed by atoms with Crippen molar-refractivity contribution < 1.29 is 9.57 Å². The highest BCUT2D eigenvalue weighted by atomic mass is 16.6. The van der Waals surface area contributed by atoms with Crippen molar-refractivity contribution >= 4 is 0 Å². The lowest BCUT2D eigenvalue weighted by molar-refractivity contribution is 0.0773. The lowest BCUT2D eigenvalue weighted by atomic mass is 9.98. The molecule has 0 unspecified atom stereocenters. The molecule has 3 heteroatoms. The Morgan fingerprint density at radius 2 is 2.07 bits per heavy atom. The van der Waals surface area contributed by atoms with Crippen LogP contribution in [0.3, 0.4) is 0 Å². The highest BCUT2D eigenvalue weighted by Crippen LogP contribution is 2.49. The van der Waals surface area contributed by atoms with E-state index in [1.54, 1.807) is 7.11 Å². The maximum absolute atomic E-state index is 5.58. The molecule has 1 aromatic carbocycles. The molecule has 0 spiro atoms. The molecule has 0 heterocycles. The van der Waals surface area contributed by atoms with E-state index in [2.05, 4.69) is 23.0 Å². The van der Waals surface area contributed by atoms with Crippen LogP contribution in [0.25, 0.3) is 0 Å². The van der Waals surface area contributed by atoms with Gasteiger partial charge >= 0.3 is 0 Å². The first-order valence-electron chi connectivity index (χ1n) is 5.27. The summed E-state index contributed by atoms with van der Waals surface area (Å²) in [4.78, 5) is 4.63. The molecule has 0 atom stereocenters. The van der Waals surface area contributed by atoms with Gasteiger partial charge in [-0.25, -0.2) is 5.90 Å². The summed E-state index contributed by atoms with van der Waals surface area (Å²) in [5.74, 6) is 5.05. The molecule has 15 heavy (non-hydrogen) atoms. The van der Waals surface area contributed by atoms with Crippen LogP contribution in [0.1, 0.15) is 24.0 Å². The normalized spacial score (nSPS) is 17.7. The van der Waals surface area contributed by atoms with Gasteiger partial charge in [0.25, 0.3) is 0 Å². The van der Waals surface area contributed by atoms with E-state index in [9.17, 15) is 0 Å². The standard InChI is InChI=1S/C12H17NO2/c1-14-12(7-8-12)11-5-3-2-4-10(11)6-9-15-13/h2-5H,6-9,13H2,1H3. The number of hydrogen-bond donors (Lipinski definition) is 1. The first kappa shape index (κ1) is 10.6. The zero-order valence-electron chi connectivity index (χ0n) is 9.03. The zero-order valence-corrected chi connectivity index (χ0v) is 9.03. The Bertz CT molecular complexity index is 334. The van der Waals surface area contributed by atoms with Crippen LogP contribution in [-0.4, -0.2) is 13.7 Å². The fourth-order valence-corrected chi connectivity index (χ4v) is 2.05. The van der Waals surface area contributed by atoms with E-state index < -0.39 is 0 Å². The van der Waals surface area contributed by atoms with Gasteiger partial charge in [-0.15, -0.1) is 0 Å². The summed E-state index contributed by atoms with van der Waals surface area (Å²) in [6.07, 6.45) is 3.08. The lowest BCUT2D eigenvalue weighted by Gasteiger charge is -2.17. The van der Waals surface area contributed by atoms with Gasteiger partial charge in [-0.1, -0.05) is 24.3 Å². The van der Waals surface area contributed by atoms with Crippen LogP contribution in [0.5, 0.6) is 0 Å². The van der Waals surface area contributed by atoms with E-state index in [4.69, 9.17) is 10.6 Å². The molecule has 0 amide bonds. The number of hydrogen-bond acceptors (Lipinski definition) is 3. The van der Waals surface area contributed by atoms with Crippen molar-refractivity contribution in [1.29, 1.82) is 0 Å². The second-order valence-corrected chi connectivity index (χ2v) is 3.98. The van der Waals surface area contributed by atoms with Gasteiger partial charge in [0.1, 0.15) is 0 Å². The molecule has 2 N–H and O–H groups in total. The highest BCUT2D eigenvalue weighted by molar-refractivity contribution is 5.36. The largest absolute Gasteiger partial charge is 0.374 e. The van der Waals surface area contributed by atoms with Crippen molar-refractivity contribution in [2.45, 2.75) is 24.9 Å². The van der Waals surface area contributed by atoms with E-state index >= 15 is 0 Å². The molecule has 1 fully saturated rings. The monoisotopic (exact) mass is 207 g/mol. The zero-order chi connectivity index (χ0) is 10.7. The van der Waals surface area contributed by atoms with E-state index in [-0.39, 0.29) is 5.60 Å². The van der Waals surface area contributed by atoms with Crippen molar-refractivity contribution in [1.82, 2.24) is 0 Å². The minimum atomic E-state index is -0.0226. The second-order valence-electron chi connectivity index (χ2n) is 3.98. The third-order valence-electron chi connectivity index (χ3n) is 3.09. The number of nitrogens with two attached hydrogens (primary N) is 1. The van der Waals surface area contributed by atoms with Gasteiger partial charge in [0, 0.05) is 7.11 Å². The van der Waals surface area contributed by atoms with Crippen molar-refractivity contribution in [3.63, 3.8) is 0 Å². The number of ether oxygens (including phenoxy) is 1. The molecule has 1 aromatic rings. The number of benzene rings is 1. The minimum Gasteiger partial charge on any atom is -0.374 e. The molecular weight excluding hydrogens is 190 g/mol. The predicted octanol–water partition coefficient (Wildman–Crippen LogP) is 1.75. The van der Waals surface area contributed by atoms with E-state index in [1.165, 1.54) is 11.1 Å². The van der Waals surface area contributed by atoms with Gasteiger partial charge in [-0.3, -0.25) is 0 Å². The van der Waals surface area contributed by atoms with Crippen molar-refractivity contribution in [3.8, 4) is 0 Å². The van der Waals surface area contributed by atoms with Crippen LogP contribution >= 0.6 is 0 Å². The van der Waals surface area contributed by atoms with E-state index in [0.29, 0.717) is 6.61 Å². The van der Waals surface area contributed by atoms with Crippen molar-refractivity contribution in [2.24, 2.45) is 5.90 Å². The Morgan fingerprint density at radius 1 is 1.33 bits per heavy atom. The molecule has 0 aliphatic heterocycles. The Labute approximate surface area is 90.1 Å². The summed E-state index contributed by atoms with van der Waals surface area (Å²) < 4.78 is 5.58. The summed E-state index contributed by atoms with van der Waals surface area (Å²) in [5.41, 5.74) is 2.55. The van der Waals surface area contributed by atoms with Gasteiger partial charge in [-0.2, -0.15) is 0 Å². The first-order chi connectivity index (χ1) is 7.32. The fourth-order valence-electron chi connectivity index (χ4n) is 2.05. The van der Waals surface area contributed by atoms with Crippen LogP contribution in [0, 0.1) is 0 Å². The molecule has 1 aliphatic rings. The molecule has 82 valence electrons. The average molecular weight is 207 g/mol. The molecule has 0 bridgehead atoms. The average Bonchev–Trinajstić information content (AvgIpc) is 3.08. The summed E-state index contributed by atoms with van der Waals surface area (Å²) in [6, 6.07) is 8.36. The lowest BCUT2D eigenvalue weighted by Crippen LogP contribution is -2.13. The van der Waals surface area contributed by atoms with Gasteiger partial charge < -0.3 is 9.57 Å². The van der Waals surface area contributed by atoms with Gasteiger partial charge in [0.15, 0.2) is 0 Å². The molecule has 2 rings (SSSR count). The third kappa shape index (κ3) is 2.04. The summed E-state index contributed by atoms with van der Waals surface area (Å²) in [5, 5.41) is 0. The van der Waals surface area contributed by atoms with Crippen molar-refractivity contribution in [3.05, 3.63) is 35.4 Å². The van der Waals surface area contributed by atoms with Gasteiger partial charge in [-0.05, 0) is 30.4 Å². The first-order valence-corrected chi connectivity index (χ1v) is 5.27. The second kappa shape index (κ2) is 4.31.